The van der Waals surface area contributed by atoms with E-state index in [1.54, 1.807) is 0 Å². The second kappa shape index (κ2) is 7.77. The quantitative estimate of drug-likeness (QED) is 0.773. The van der Waals surface area contributed by atoms with E-state index < -0.39 is 0 Å². The summed E-state index contributed by atoms with van der Waals surface area (Å²) in [6.45, 7) is 16.9. The van der Waals surface area contributed by atoms with Gasteiger partial charge in [-0.15, -0.1) is 0 Å². The molecule has 1 saturated carbocycles. The molecule has 0 radical (unpaired) electrons. The van der Waals surface area contributed by atoms with E-state index in [0.717, 1.165) is 12.5 Å². The fourth-order valence-electron chi connectivity index (χ4n) is 4.03. The molecule has 118 valence electrons. The molecule has 3 nitrogen and oxygen atoms in total. The van der Waals surface area contributed by atoms with Crippen LogP contribution in [0.1, 0.15) is 46.5 Å². The Labute approximate surface area is 126 Å². The van der Waals surface area contributed by atoms with Gasteiger partial charge < -0.3 is 15.1 Å². The second-order valence-corrected chi connectivity index (χ2v) is 7.46. The maximum atomic E-state index is 3.62. The van der Waals surface area contributed by atoms with Gasteiger partial charge in [0.1, 0.15) is 0 Å². The standard InChI is InChI=1S/C17H35N3/c1-4-18-14-17(7-5-6-8-17)15-20-11-9-19(10-12-20)13-16(2)3/h16,18H,4-15H2,1-3H3. The highest BCUT2D eigenvalue weighted by molar-refractivity contribution is 4.90. The van der Waals surface area contributed by atoms with Crippen LogP contribution in [0.15, 0.2) is 0 Å². The summed E-state index contributed by atoms with van der Waals surface area (Å²) >= 11 is 0. The van der Waals surface area contributed by atoms with E-state index >= 15 is 0 Å². The molecule has 1 aliphatic heterocycles. The first-order valence-corrected chi connectivity index (χ1v) is 8.79. The monoisotopic (exact) mass is 281 g/mol. The van der Waals surface area contributed by atoms with Crippen molar-refractivity contribution < 1.29 is 0 Å². The molecule has 1 saturated heterocycles. The van der Waals surface area contributed by atoms with E-state index in [1.165, 1.54) is 71.5 Å². The molecule has 1 N–H and O–H groups in total. The highest BCUT2D eigenvalue weighted by Crippen LogP contribution is 2.38. The smallest absolute Gasteiger partial charge is 0.0110 e. The van der Waals surface area contributed by atoms with Crippen LogP contribution in [-0.4, -0.2) is 62.2 Å². The number of nitrogens with one attached hydrogen (secondary N) is 1. The number of hydrogen-bond donors (Lipinski definition) is 1. The number of piperazine rings is 1. The van der Waals surface area contributed by atoms with Gasteiger partial charge in [-0.1, -0.05) is 33.6 Å². The normalized spacial score (nSPS) is 24.6. The Morgan fingerprint density at radius 2 is 1.60 bits per heavy atom. The van der Waals surface area contributed by atoms with Gasteiger partial charge >= 0.3 is 0 Å². The molecule has 2 fully saturated rings. The number of rotatable bonds is 7. The van der Waals surface area contributed by atoms with Crippen LogP contribution in [0.25, 0.3) is 0 Å². The average Bonchev–Trinajstić information content (AvgIpc) is 2.87. The van der Waals surface area contributed by atoms with Crippen molar-refractivity contribution in [2.24, 2.45) is 11.3 Å². The Morgan fingerprint density at radius 1 is 1.00 bits per heavy atom. The van der Waals surface area contributed by atoms with E-state index in [0.29, 0.717) is 5.41 Å². The van der Waals surface area contributed by atoms with Gasteiger partial charge in [0.15, 0.2) is 0 Å². The molecule has 3 heteroatoms. The van der Waals surface area contributed by atoms with Gasteiger partial charge in [-0.2, -0.15) is 0 Å². The zero-order chi connectivity index (χ0) is 14.4. The van der Waals surface area contributed by atoms with Crippen molar-refractivity contribution in [1.29, 1.82) is 0 Å². The van der Waals surface area contributed by atoms with Gasteiger partial charge in [0.05, 0.1) is 0 Å². The molecular weight excluding hydrogens is 246 g/mol. The molecule has 2 rings (SSSR count). The lowest BCUT2D eigenvalue weighted by atomic mass is 9.85. The summed E-state index contributed by atoms with van der Waals surface area (Å²) in [5.74, 6) is 0.802. The summed E-state index contributed by atoms with van der Waals surface area (Å²) < 4.78 is 0. The molecule has 20 heavy (non-hydrogen) atoms. The summed E-state index contributed by atoms with van der Waals surface area (Å²) in [6, 6.07) is 0. The zero-order valence-corrected chi connectivity index (χ0v) is 14.0. The molecule has 2 aliphatic rings. The van der Waals surface area contributed by atoms with E-state index in [2.05, 4.69) is 35.9 Å². The Hall–Kier alpha value is -0.120. The molecule has 0 aromatic heterocycles. The van der Waals surface area contributed by atoms with Crippen LogP contribution >= 0.6 is 0 Å². The van der Waals surface area contributed by atoms with Crippen LogP contribution in [0.4, 0.5) is 0 Å². The summed E-state index contributed by atoms with van der Waals surface area (Å²) in [5, 5.41) is 3.62. The maximum absolute atomic E-state index is 3.62. The third kappa shape index (κ3) is 4.71. The van der Waals surface area contributed by atoms with Crippen molar-refractivity contribution in [1.82, 2.24) is 15.1 Å². The molecule has 0 amide bonds. The van der Waals surface area contributed by atoms with Gasteiger partial charge in [-0.25, -0.2) is 0 Å². The highest BCUT2D eigenvalue weighted by Gasteiger charge is 2.35. The molecule has 0 bridgehead atoms. The molecule has 1 heterocycles. The van der Waals surface area contributed by atoms with E-state index in [4.69, 9.17) is 0 Å². The molecule has 0 aromatic carbocycles. The average molecular weight is 281 g/mol. The predicted molar refractivity (Wildman–Crippen MR) is 87.2 cm³/mol. The predicted octanol–water partition coefficient (Wildman–Crippen LogP) is 2.43. The third-order valence-electron chi connectivity index (χ3n) is 5.06. The SMILES string of the molecule is CCNCC1(CN2CCN(CC(C)C)CC2)CCCC1. The van der Waals surface area contributed by atoms with Crippen LogP contribution in [0.3, 0.4) is 0 Å². The molecule has 0 spiro atoms. The minimum atomic E-state index is 0.580. The van der Waals surface area contributed by atoms with E-state index in [-0.39, 0.29) is 0 Å². The van der Waals surface area contributed by atoms with Crippen molar-refractivity contribution in [3.05, 3.63) is 0 Å². The van der Waals surface area contributed by atoms with E-state index in [9.17, 15) is 0 Å². The molecule has 0 unspecified atom stereocenters. The molecular formula is C17H35N3. The van der Waals surface area contributed by atoms with Gasteiger partial charge in [-0.3, -0.25) is 0 Å². The molecule has 1 aliphatic carbocycles. The Bertz CT molecular complexity index is 263. The van der Waals surface area contributed by atoms with Gasteiger partial charge in [0, 0.05) is 45.8 Å². The van der Waals surface area contributed by atoms with Crippen molar-refractivity contribution in [3.63, 3.8) is 0 Å². The number of nitrogens with zero attached hydrogens (tertiary/aromatic N) is 2. The number of hydrogen-bond acceptors (Lipinski definition) is 3. The van der Waals surface area contributed by atoms with Crippen LogP contribution < -0.4 is 5.32 Å². The van der Waals surface area contributed by atoms with E-state index in [1.807, 2.05) is 0 Å². The Balaban J connectivity index is 1.78. The minimum absolute atomic E-state index is 0.580. The van der Waals surface area contributed by atoms with Crippen molar-refractivity contribution in [2.75, 3.05) is 52.4 Å². The van der Waals surface area contributed by atoms with Crippen LogP contribution in [-0.2, 0) is 0 Å². The lowest BCUT2D eigenvalue weighted by Gasteiger charge is -2.41. The Morgan fingerprint density at radius 3 is 2.15 bits per heavy atom. The molecule has 0 atom stereocenters. The zero-order valence-electron chi connectivity index (χ0n) is 14.0. The summed E-state index contributed by atoms with van der Waals surface area (Å²) in [4.78, 5) is 5.38. The van der Waals surface area contributed by atoms with Crippen molar-refractivity contribution in [2.45, 2.75) is 46.5 Å². The summed E-state index contributed by atoms with van der Waals surface area (Å²) in [5.41, 5.74) is 0.580. The van der Waals surface area contributed by atoms with Crippen LogP contribution in [0.2, 0.25) is 0 Å². The summed E-state index contributed by atoms with van der Waals surface area (Å²) in [7, 11) is 0. The maximum Gasteiger partial charge on any atom is 0.0110 e. The minimum Gasteiger partial charge on any atom is -0.316 e. The molecule has 0 aromatic rings. The first-order valence-electron chi connectivity index (χ1n) is 8.79. The Kier molecular flexibility index (Phi) is 6.31. The van der Waals surface area contributed by atoms with Crippen molar-refractivity contribution >= 4 is 0 Å². The lowest BCUT2D eigenvalue weighted by molar-refractivity contribution is 0.0799. The van der Waals surface area contributed by atoms with Gasteiger partial charge in [-0.05, 0) is 30.7 Å². The van der Waals surface area contributed by atoms with Gasteiger partial charge in [0.25, 0.3) is 0 Å². The fourth-order valence-corrected chi connectivity index (χ4v) is 4.03. The lowest BCUT2D eigenvalue weighted by Crippen LogP contribution is -2.51. The van der Waals surface area contributed by atoms with Crippen LogP contribution in [0, 0.1) is 11.3 Å². The summed E-state index contributed by atoms with van der Waals surface area (Å²) in [6.07, 6.45) is 5.76. The first kappa shape index (κ1) is 16.3. The fraction of sp³-hybridized carbons (Fsp3) is 1.00. The van der Waals surface area contributed by atoms with Crippen LogP contribution in [0.5, 0.6) is 0 Å². The van der Waals surface area contributed by atoms with Crippen molar-refractivity contribution in [3.8, 4) is 0 Å². The first-order chi connectivity index (χ1) is 9.63. The third-order valence-corrected chi connectivity index (χ3v) is 5.06. The second-order valence-electron chi connectivity index (χ2n) is 7.46. The topological polar surface area (TPSA) is 18.5 Å². The largest absolute Gasteiger partial charge is 0.316 e. The highest BCUT2D eigenvalue weighted by atomic mass is 15.3. The van der Waals surface area contributed by atoms with Gasteiger partial charge in [0.2, 0.25) is 0 Å².